The molecule has 0 atom stereocenters. The number of aryl methyl sites for hydroxylation is 1. The summed E-state index contributed by atoms with van der Waals surface area (Å²) in [6.07, 6.45) is 0. The monoisotopic (exact) mass is 227 g/mol. The highest BCUT2D eigenvalue weighted by Crippen LogP contribution is 2.23. The highest BCUT2D eigenvalue weighted by atomic mass is 79.9. The number of halogens is 1. The molecule has 0 aliphatic heterocycles. The minimum absolute atomic E-state index is 0.443. The molecule has 2 rings (SSSR count). The summed E-state index contributed by atoms with van der Waals surface area (Å²) in [5.74, 6) is 1.08. The van der Waals surface area contributed by atoms with Crippen molar-refractivity contribution < 1.29 is 0 Å². The summed E-state index contributed by atoms with van der Waals surface area (Å²) in [5.41, 5.74) is 6.32. The second-order valence-electron chi connectivity index (χ2n) is 2.39. The van der Waals surface area contributed by atoms with E-state index in [9.17, 15) is 0 Å². The van der Waals surface area contributed by atoms with Crippen molar-refractivity contribution in [2.24, 2.45) is 0 Å². The van der Waals surface area contributed by atoms with Crippen LogP contribution >= 0.6 is 15.9 Å². The van der Waals surface area contributed by atoms with Crippen LogP contribution in [0.15, 0.2) is 4.60 Å². The van der Waals surface area contributed by atoms with E-state index < -0.39 is 0 Å². The molecule has 0 aliphatic carbocycles. The molecular weight excluding hydrogens is 222 g/mol. The molecule has 0 aromatic carbocycles. The Morgan fingerprint density at radius 3 is 2.92 bits per heavy atom. The molecule has 0 aliphatic rings. The average molecular weight is 228 g/mol. The minimum atomic E-state index is 0.443. The van der Waals surface area contributed by atoms with E-state index in [1.165, 1.54) is 0 Å². The molecule has 0 unspecified atom stereocenters. The zero-order valence-electron chi connectivity index (χ0n) is 6.30. The molecule has 0 amide bonds. The number of rotatable bonds is 0. The molecule has 0 bridgehead atoms. The second kappa shape index (κ2) is 2.41. The first-order valence-corrected chi connectivity index (χ1v) is 4.11. The Labute approximate surface area is 76.5 Å². The predicted molar refractivity (Wildman–Crippen MR) is 48.5 cm³/mol. The third kappa shape index (κ3) is 0.953. The standard InChI is InChI=1S/C6H6BrN5/c1-2-9-5(8)3-4(7)11-12-6(3)10-2/h1H3,(H3,8,9,10,11,12). The van der Waals surface area contributed by atoms with E-state index in [1.54, 1.807) is 6.92 Å². The van der Waals surface area contributed by atoms with E-state index in [0.717, 1.165) is 5.39 Å². The smallest absolute Gasteiger partial charge is 0.162 e. The quantitative estimate of drug-likeness (QED) is 0.704. The molecule has 2 aromatic rings. The van der Waals surface area contributed by atoms with Gasteiger partial charge < -0.3 is 5.73 Å². The minimum Gasteiger partial charge on any atom is -0.383 e. The highest BCUT2D eigenvalue weighted by Gasteiger charge is 2.08. The summed E-state index contributed by atoms with van der Waals surface area (Å²) >= 11 is 3.24. The SMILES string of the molecule is Cc1nc(N)c2c(Br)n[nH]c2n1. The number of nitrogens with one attached hydrogen (secondary N) is 1. The number of aromatic nitrogens is 4. The number of nitrogens with zero attached hydrogens (tertiary/aromatic N) is 3. The summed E-state index contributed by atoms with van der Waals surface area (Å²) in [5, 5.41) is 7.39. The number of nitrogen functional groups attached to an aromatic ring is 1. The molecule has 0 radical (unpaired) electrons. The first kappa shape index (κ1) is 7.48. The van der Waals surface area contributed by atoms with Gasteiger partial charge in [-0.3, -0.25) is 5.10 Å². The van der Waals surface area contributed by atoms with Gasteiger partial charge in [-0.05, 0) is 22.9 Å². The first-order valence-electron chi connectivity index (χ1n) is 3.32. The molecule has 3 N–H and O–H groups in total. The van der Waals surface area contributed by atoms with Gasteiger partial charge in [0, 0.05) is 0 Å². The van der Waals surface area contributed by atoms with Crippen molar-refractivity contribution in [1.29, 1.82) is 0 Å². The third-order valence-corrected chi connectivity index (χ3v) is 2.09. The lowest BCUT2D eigenvalue weighted by molar-refractivity contribution is 1.04. The van der Waals surface area contributed by atoms with Gasteiger partial charge in [0.1, 0.15) is 16.2 Å². The Kier molecular flexibility index (Phi) is 1.50. The molecule has 62 valence electrons. The fourth-order valence-electron chi connectivity index (χ4n) is 1.04. The van der Waals surface area contributed by atoms with E-state index in [-0.39, 0.29) is 0 Å². The molecular formula is C6H6BrN5. The Morgan fingerprint density at radius 1 is 1.42 bits per heavy atom. The Bertz CT molecular complexity index is 435. The molecule has 0 saturated heterocycles. The van der Waals surface area contributed by atoms with Crippen molar-refractivity contribution in [3.05, 3.63) is 10.4 Å². The van der Waals surface area contributed by atoms with Crippen LogP contribution in [0.1, 0.15) is 5.82 Å². The molecule has 0 saturated carbocycles. The van der Waals surface area contributed by atoms with Crippen molar-refractivity contribution in [3.8, 4) is 0 Å². The second-order valence-corrected chi connectivity index (χ2v) is 3.15. The molecule has 0 fully saturated rings. The summed E-state index contributed by atoms with van der Waals surface area (Å²) in [6, 6.07) is 0. The zero-order valence-corrected chi connectivity index (χ0v) is 7.88. The molecule has 2 heterocycles. The Balaban J connectivity index is 2.93. The fraction of sp³-hybridized carbons (Fsp3) is 0.167. The molecule has 6 heteroatoms. The predicted octanol–water partition coefficient (Wildman–Crippen LogP) is 1.01. The number of H-pyrrole nitrogens is 1. The number of anilines is 1. The van der Waals surface area contributed by atoms with Crippen molar-refractivity contribution in [3.63, 3.8) is 0 Å². The van der Waals surface area contributed by atoms with E-state index in [0.29, 0.717) is 21.9 Å². The van der Waals surface area contributed by atoms with Crippen molar-refractivity contribution in [2.75, 3.05) is 5.73 Å². The van der Waals surface area contributed by atoms with Gasteiger partial charge in [-0.1, -0.05) is 0 Å². The molecule has 2 aromatic heterocycles. The van der Waals surface area contributed by atoms with Gasteiger partial charge in [-0.25, -0.2) is 9.97 Å². The lowest BCUT2D eigenvalue weighted by atomic mass is 10.4. The van der Waals surface area contributed by atoms with Crippen LogP contribution in [0.25, 0.3) is 11.0 Å². The third-order valence-electron chi connectivity index (χ3n) is 1.52. The maximum Gasteiger partial charge on any atom is 0.162 e. The molecule has 12 heavy (non-hydrogen) atoms. The molecule has 0 spiro atoms. The fourth-order valence-corrected chi connectivity index (χ4v) is 1.52. The highest BCUT2D eigenvalue weighted by molar-refractivity contribution is 9.10. The first-order chi connectivity index (χ1) is 5.68. The summed E-state index contributed by atoms with van der Waals surface area (Å²) < 4.78 is 0.648. The number of aromatic amines is 1. The van der Waals surface area contributed by atoms with Crippen LogP contribution in [-0.2, 0) is 0 Å². The van der Waals surface area contributed by atoms with E-state index >= 15 is 0 Å². The van der Waals surface area contributed by atoms with Gasteiger partial charge in [-0.2, -0.15) is 5.10 Å². The summed E-state index contributed by atoms with van der Waals surface area (Å²) in [6.45, 7) is 1.78. The maximum atomic E-state index is 5.66. The van der Waals surface area contributed by atoms with E-state index in [1.807, 2.05) is 0 Å². The van der Waals surface area contributed by atoms with Gasteiger partial charge in [-0.15, -0.1) is 0 Å². The van der Waals surface area contributed by atoms with E-state index in [4.69, 9.17) is 5.73 Å². The Hall–Kier alpha value is -1.17. The van der Waals surface area contributed by atoms with Gasteiger partial charge >= 0.3 is 0 Å². The maximum absolute atomic E-state index is 5.66. The van der Waals surface area contributed by atoms with Gasteiger partial charge in [0.2, 0.25) is 0 Å². The van der Waals surface area contributed by atoms with Crippen molar-refractivity contribution in [1.82, 2.24) is 20.2 Å². The largest absolute Gasteiger partial charge is 0.383 e. The van der Waals surface area contributed by atoms with Crippen LogP contribution in [-0.4, -0.2) is 20.2 Å². The Morgan fingerprint density at radius 2 is 2.17 bits per heavy atom. The van der Waals surface area contributed by atoms with Crippen LogP contribution in [0, 0.1) is 6.92 Å². The normalized spacial score (nSPS) is 10.8. The number of hydrogen-bond donors (Lipinski definition) is 2. The topological polar surface area (TPSA) is 80.5 Å². The van der Waals surface area contributed by atoms with E-state index in [2.05, 4.69) is 36.1 Å². The summed E-state index contributed by atoms with van der Waals surface area (Å²) in [4.78, 5) is 8.13. The number of fused-ring (bicyclic) bond motifs is 1. The average Bonchev–Trinajstić information content (AvgIpc) is 2.31. The zero-order chi connectivity index (χ0) is 8.72. The van der Waals surface area contributed by atoms with Crippen LogP contribution < -0.4 is 5.73 Å². The van der Waals surface area contributed by atoms with Crippen molar-refractivity contribution >= 4 is 32.8 Å². The lowest BCUT2D eigenvalue weighted by Crippen LogP contribution is -1.96. The lowest BCUT2D eigenvalue weighted by Gasteiger charge is -1.95. The van der Waals surface area contributed by atoms with Gasteiger partial charge in [0.05, 0.1) is 5.39 Å². The number of nitrogens with two attached hydrogens (primary N) is 1. The van der Waals surface area contributed by atoms with Gasteiger partial charge in [0.15, 0.2) is 5.65 Å². The summed E-state index contributed by atoms with van der Waals surface area (Å²) in [7, 11) is 0. The van der Waals surface area contributed by atoms with Crippen molar-refractivity contribution in [2.45, 2.75) is 6.92 Å². The van der Waals surface area contributed by atoms with Crippen LogP contribution in [0.4, 0.5) is 5.82 Å². The van der Waals surface area contributed by atoms with Crippen LogP contribution in [0.3, 0.4) is 0 Å². The van der Waals surface area contributed by atoms with Crippen LogP contribution in [0.2, 0.25) is 0 Å². The number of hydrogen-bond acceptors (Lipinski definition) is 4. The molecule has 5 nitrogen and oxygen atoms in total. The van der Waals surface area contributed by atoms with Gasteiger partial charge in [0.25, 0.3) is 0 Å². The van der Waals surface area contributed by atoms with Crippen LogP contribution in [0.5, 0.6) is 0 Å².